The fourth-order valence-electron chi connectivity index (χ4n) is 2.48. The Hall–Kier alpha value is -2.72. The summed E-state index contributed by atoms with van der Waals surface area (Å²) in [5.74, 6) is 1.75. The zero-order valence-electron chi connectivity index (χ0n) is 14.0. The maximum Gasteiger partial charge on any atom is 0.231 e. The first-order chi connectivity index (χ1) is 12.1. The van der Waals surface area contributed by atoms with Gasteiger partial charge in [0.15, 0.2) is 11.5 Å². The summed E-state index contributed by atoms with van der Waals surface area (Å²) >= 11 is 1.42. The molecule has 2 heterocycles. The quantitative estimate of drug-likeness (QED) is 0.827. The number of aromatic nitrogens is 1. The van der Waals surface area contributed by atoms with Gasteiger partial charge in [-0.25, -0.2) is 4.98 Å². The van der Waals surface area contributed by atoms with E-state index in [0.29, 0.717) is 39.9 Å². The lowest BCUT2D eigenvalue weighted by atomic mass is 10.1. The first kappa shape index (κ1) is 17.1. The lowest BCUT2D eigenvalue weighted by molar-refractivity contribution is -0.115. The van der Waals surface area contributed by atoms with Gasteiger partial charge in [0.25, 0.3) is 0 Å². The molecule has 1 aliphatic heterocycles. The van der Waals surface area contributed by atoms with E-state index >= 15 is 0 Å². The first-order valence-electron chi connectivity index (χ1n) is 7.77. The Morgan fingerprint density at radius 1 is 1.32 bits per heavy atom. The summed E-state index contributed by atoms with van der Waals surface area (Å²) in [7, 11) is 0. The molecule has 0 atom stereocenters. The molecule has 0 aliphatic carbocycles. The van der Waals surface area contributed by atoms with Gasteiger partial charge in [-0.15, -0.1) is 11.8 Å². The van der Waals surface area contributed by atoms with E-state index < -0.39 is 0 Å². The first-order valence-corrected chi connectivity index (χ1v) is 8.76. The molecule has 0 unspecified atom stereocenters. The molecule has 1 aliphatic rings. The lowest BCUT2D eigenvalue weighted by Crippen LogP contribution is -2.12. The minimum absolute atomic E-state index is 0.103. The third-order valence-corrected chi connectivity index (χ3v) is 4.62. The highest BCUT2D eigenvalue weighted by atomic mass is 32.2. The van der Waals surface area contributed by atoms with Crippen LogP contribution in [0.25, 0.3) is 0 Å². The molecule has 1 aromatic heterocycles. The molecule has 128 valence electrons. The van der Waals surface area contributed by atoms with Gasteiger partial charge in [-0.2, -0.15) is 5.26 Å². The number of hydrogen-bond acceptors (Lipinski definition) is 6. The van der Waals surface area contributed by atoms with Crippen LogP contribution in [-0.4, -0.2) is 23.4 Å². The normalized spacial score (nSPS) is 11.9. The van der Waals surface area contributed by atoms with Crippen LogP contribution in [0.1, 0.15) is 23.2 Å². The van der Waals surface area contributed by atoms with Crippen LogP contribution in [-0.2, 0) is 4.79 Å². The number of anilines is 1. The minimum Gasteiger partial charge on any atom is -0.454 e. The summed E-state index contributed by atoms with van der Waals surface area (Å²) in [5.41, 5.74) is 3.01. The zero-order valence-corrected chi connectivity index (χ0v) is 14.8. The fourth-order valence-corrected chi connectivity index (χ4v) is 3.52. The van der Waals surface area contributed by atoms with Crippen LogP contribution < -0.4 is 14.8 Å². The predicted molar refractivity (Wildman–Crippen MR) is 95.0 cm³/mol. The van der Waals surface area contributed by atoms with E-state index in [0.717, 1.165) is 11.3 Å². The minimum atomic E-state index is -0.103. The number of nitrogens with zero attached hydrogens (tertiary/aromatic N) is 2. The smallest absolute Gasteiger partial charge is 0.231 e. The van der Waals surface area contributed by atoms with Crippen molar-refractivity contribution in [2.45, 2.75) is 25.3 Å². The Morgan fingerprint density at radius 3 is 2.92 bits per heavy atom. The Balaban J connectivity index is 1.56. The van der Waals surface area contributed by atoms with Crippen LogP contribution >= 0.6 is 11.8 Å². The Bertz CT molecular complexity index is 861. The summed E-state index contributed by atoms with van der Waals surface area (Å²) in [6.45, 7) is 3.99. The fraction of sp³-hybridized carbons (Fsp3) is 0.278. The van der Waals surface area contributed by atoms with Crippen LogP contribution in [0, 0.1) is 25.2 Å². The highest BCUT2D eigenvalue weighted by molar-refractivity contribution is 7.99. The van der Waals surface area contributed by atoms with Crippen molar-refractivity contribution in [3.63, 3.8) is 0 Å². The Kier molecular flexibility index (Phi) is 5.10. The van der Waals surface area contributed by atoms with Crippen molar-refractivity contribution in [1.82, 2.24) is 4.98 Å². The van der Waals surface area contributed by atoms with Gasteiger partial charge < -0.3 is 14.8 Å². The summed E-state index contributed by atoms with van der Waals surface area (Å²) in [6, 6.07) is 9.35. The molecule has 0 spiro atoms. The number of carbonyl (C=O) groups is 1. The maximum absolute atomic E-state index is 12.1. The average molecular weight is 355 g/mol. The number of fused-ring (bicyclic) bond motifs is 1. The van der Waals surface area contributed by atoms with E-state index in [-0.39, 0.29) is 12.7 Å². The SMILES string of the molecule is Cc1cc(C)c(C#N)c(SCCC(=O)Nc2ccc3c(c2)OCO3)n1. The molecule has 0 radical (unpaired) electrons. The number of hydrogen-bond donors (Lipinski definition) is 1. The third-order valence-electron chi connectivity index (χ3n) is 3.65. The summed E-state index contributed by atoms with van der Waals surface area (Å²) in [5, 5.41) is 12.8. The van der Waals surface area contributed by atoms with Crippen molar-refractivity contribution in [3.8, 4) is 17.6 Å². The van der Waals surface area contributed by atoms with Crippen molar-refractivity contribution in [2.75, 3.05) is 17.9 Å². The third kappa shape index (κ3) is 4.03. The highest BCUT2D eigenvalue weighted by Gasteiger charge is 2.14. The van der Waals surface area contributed by atoms with Crippen molar-refractivity contribution in [1.29, 1.82) is 5.26 Å². The van der Waals surface area contributed by atoms with Crippen LogP contribution in [0.2, 0.25) is 0 Å². The largest absolute Gasteiger partial charge is 0.454 e. The van der Waals surface area contributed by atoms with E-state index in [1.807, 2.05) is 19.9 Å². The van der Waals surface area contributed by atoms with Crippen molar-refractivity contribution in [2.24, 2.45) is 0 Å². The molecule has 2 aromatic rings. The summed E-state index contributed by atoms with van der Waals surface area (Å²) in [6.07, 6.45) is 0.318. The molecular weight excluding hydrogens is 338 g/mol. The van der Waals surface area contributed by atoms with E-state index in [2.05, 4.69) is 16.4 Å². The zero-order chi connectivity index (χ0) is 17.8. The van der Waals surface area contributed by atoms with Gasteiger partial charge in [-0.05, 0) is 37.6 Å². The van der Waals surface area contributed by atoms with Crippen LogP contribution in [0.15, 0.2) is 29.3 Å². The number of pyridine rings is 1. The lowest BCUT2D eigenvalue weighted by Gasteiger charge is -2.08. The molecule has 7 heteroatoms. The van der Waals surface area contributed by atoms with Crippen LogP contribution in [0.5, 0.6) is 11.5 Å². The van der Waals surface area contributed by atoms with Crippen molar-refractivity contribution >= 4 is 23.4 Å². The number of benzene rings is 1. The number of nitriles is 1. The standard InChI is InChI=1S/C18H17N3O3S/c1-11-7-12(2)20-18(14(11)9-19)25-6-5-17(22)21-13-3-4-15-16(8-13)24-10-23-15/h3-4,7-8H,5-6,10H2,1-2H3,(H,21,22). The summed E-state index contributed by atoms with van der Waals surface area (Å²) in [4.78, 5) is 16.5. The van der Waals surface area contributed by atoms with E-state index in [1.165, 1.54) is 11.8 Å². The molecule has 0 bridgehead atoms. The van der Waals surface area contributed by atoms with Crippen molar-refractivity contribution < 1.29 is 14.3 Å². The highest BCUT2D eigenvalue weighted by Crippen LogP contribution is 2.34. The number of aryl methyl sites for hydroxylation is 2. The molecule has 0 fully saturated rings. The van der Waals surface area contributed by atoms with Gasteiger partial charge >= 0.3 is 0 Å². The molecule has 25 heavy (non-hydrogen) atoms. The van der Waals surface area contributed by atoms with Crippen molar-refractivity contribution in [3.05, 3.63) is 41.1 Å². The molecule has 1 N–H and O–H groups in total. The second kappa shape index (κ2) is 7.45. The van der Waals surface area contributed by atoms with Gasteiger partial charge in [0.1, 0.15) is 11.1 Å². The second-order valence-corrected chi connectivity index (χ2v) is 6.67. The molecule has 0 saturated heterocycles. The van der Waals surface area contributed by atoms with Crippen LogP contribution in [0.4, 0.5) is 5.69 Å². The number of amides is 1. The maximum atomic E-state index is 12.1. The van der Waals surface area contributed by atoms with Crippen LogP contribution in [0.3, 0.4) is 0 Å². The van der Waals surface area contributed by atoms with Gasteiger partial charge in [-0.3, -0.25) is 4.79 Å². The monoisotopic (exact) mass is 355 g/mol. The number of thioether (sulfide) groups is 1. The number of nitrogens with one attached hydrogen (secondary N) is 1. The van der Waals surface area contributed by atoms with Gasteiger partial charge in [0.05, 0.1) is 5.56 Å². The molecule has 1 aromatic carbocycles. The summed E-state index contributed by atoms with van der Waals surface area (Å²) < 4.78 is 10.5. The topological polar surface area (TPSA) is 84.2 Å². The second-order valence-electron chi connectivity index (χ2n) is 5.59. The molecule has 3 rings (SSSR count). The molecule has 0 saturated carbocycles. The Labute approximate surface area is 150 Å². The van der Waals surface area contributed by atoms with E-state index in [9.17, 15) is 10.1 Å². The van der Waals surface area contributed by atoms with Gasteiger partial charge in [-0.1, -0.05) is 0 Å². The molecule has 1 amide bonds. The van der Waals surface area contributed by atoms with E-state index in [4.69, 9.17) is 9.47 Å². The molecule has 6 nitrogen and oxygen atoms in total. The Morgan fingerprint density at radius 2 is 2.12 bits per heavy atom. The van der Waals surface area contributed by atoms with Gasteiger partial charge in [0.2, 0.25) is 12.7 Å². The predicted octanol–water partition coefficient (Wildman–Crippen LogP) is 3.42. The van der Waals surface area contributed by atoms with Gasteiger partial charge in [0, 0.05) is 29.6 Å². The molecular formula is C18H17N3O3S. The average Bonchev–Trinajstić information content (AvgIpc) is 3.02. The number of rotatable bonds is 5. The van der Waals surface area contributed by atoms with E-state index in [1.54, 1.807) is 18.2 Å². The number of ether oxygens (including phenoxy) is 2. The number of carbonyl (C=O) groups excluding carboxylic acids is 1.